The summed E-state index contributed by atoms with van der Waals surface area (Å²) in [6.45, 7) is 2.94. The molecule has 1 rings (SSSR count). The molecular formula is C12H14F2O4. The van der Waals surface area contributed by atoms with Crippen LogP contribution in [0.4, 0.5) is 8.78 Å². The van der Waals surface area contributed by atoms with Crippen molar-refractivity contribution in [1.29, 1.82) is 0 Å². The zero-order chi connectivity index (χ0) is 13.5. The lowest BCUT2D eigenvalue weighted by Crippen LogP contribution is -2.07. The molecule has 0 bridgehead atoms. The van der Waals surface area contributed by atoms with E-state index >= 15 is 0 Å². The van der Waals surface area contributed by atoms with Gasteiger partial charge in [-0.2, -0.15) is 0 Å². The topological polar surface area (TPSA) is 55.8 Å². The van der Waals surface area contributed by atoms with E-state index in [2.05, 4.69) is 0 Å². The Labute approximate surface area is 103 Å². The summed E-state index contributed by atoms with van der Waals surface area (Å²) in [4.78, 5) is 10.6. The Hall–Kier alpha value is -1.69. The highest BCUT2D eigenvalue weighted by Gasteiger charge is 2.15. The van der Waals surface area contributed by atoms with E-state index < -0.39 is 28.9 Å². The molecule has 0 saturated carbocycles. The highest BCUT2D eigenvalue weighted by atomic mass is 19.1. The Balaban J connectivity index is 2.63. The van der Waals surface area contributed by atoms with Gasteiger partial charge in [-0.05, 0) is 19.1 Å². The molecule has 0 aliphatic heterocycles. The number of hydrogen-bond acceptors (Lipinski definition) is 3. The second kappa shape index (κ2) is 6.90. The van der Waals surface area contributed by atoms with Crippen LogP contribution in [-0.2, 0) is 4.74 Å². The van der Waals surface area contributed by atoms with Crippen molar-refractivity contribution in [1.82, 2.24) is 0 Å². The Morgan fingerprint density at radius 1 is 1.28 bits per heavy atom. The smallest absolute Gasteiger partial charge is 0.335 e. The molecule has 0 aromatic heterocycles. The van der Waals surface area contributed by atoms with E-state index in [0.717, 1.165) is 12.1 Å². The third-order valence-electron chi connectivity index (χ3n) is 2.13. The maximum Gasteiger partial charge on any atom is 0.335 e. The monoisotopic (exact) mass is 260 g/mol. The van der Waals surface area contributed by atoms with E-state index in [4.69, 9.17) is 14.6 Å². The lowest BCUT2D eigenvalue weighted by molar-refractivity contribution is 0.0695. The van der Waals surface area contributed by atoms with Crippen molar-refractivity contribution in [2.24, 2.45) is 0 Å². The van der Waals surface area contributed by atoms with Crippen molar-refractivity contribution in [3.05, 3.63) is 29.3 Å². The zero-order valence-corrected chi connectivity index (χ0v) is 9.91. The van der Waals surface area contributed by atoms with Crippen LogP contribution in [-0.4, -0.2) is 30.9 Å². The normalized spacial score (nSPS) is 10.4. The molecule has 1 N–H and O–H groups in total. The lowest BCUT2D eigenvalue weighted by atomic mass is 10.2. The average molecular weight is 260 g/mol. The van der Waals surface area contributed by atoms with Crippen molar-refractivity contribution in [2.75, 3.05) is 19.8 Å². The number of carboxylic acids is 1. The lowest BCUT2D eigenvalue weighted by Gasteiger charge is -2.09. The van der Waals surface area contributed by atoms with E-state index in [1.807, 2.05) is 6.92 Å². The molecule has 6 heteroatoms. The van der Waals surface area contributed by atoms with Crippen LogP contribution in [0.25, 0.3) is 0 Å². The van der Waals surface area contributed by atoms with Crippen LogP contribution in [0.15, 0.2) is 12.1 Å². The van der Waals surface area contributed by atoms with Gasteiger partial charge in [0.2, 0.25) is 0 Å². The predicted molar refractivity (Wildman–Crippen MR) is 59.9 cm³/mol. The van der Waals surface area contributed by atoms with Gasteiger partial charge in [-0.25, -0.2) is 13.6 Å². The molecule has 0 amide bonds. The van der Waals surface area contributed by atoms with Gasteiger partial charge in [0.15, 0.2) is 17.4 Å². The molecular weight excluding hydrogens is 246 g/mol. The Morgan fingerprint density at radius 2 is 1.89 bits per heavy atom. The first-order valence-electron chi connectivity index (χ1n) is 5.49. The quantitative estimate of drug-likeness (QED) is 0.765. The first kappa shape index (κ1) is 14.4. The fourth-order valence-corrected chi connectivity index (χ4v) is 1.30. The number of carbonyl (C=O) groups is 1. The van der Waals surface area contributed by atoms with Gasteiger partial charge in [-0.15, -0.1) is 0 Å². The first-order valence-corrected chi connectivity index (χ1v) is 5.49. The molecule has 1 aromatic carbocycles. The molecule has 0 saturated heterocycles. The molecule has 0 heterocycles. The second-order valence-electron chi connectivity index (χ2n) is 3.47. The summed E-state index contributed by atoms with van der Waals surface area (Å²) in [5, 5.41) is 8.61. The van der Waals surface area contributed by atoms with Gasteiger partial charge in [0.1, 0.15) is 0 Å². The van der Waals surface area contributed by atoms with Gasteiger partial charge in [-0.3, -0.25) is 0 Å². The number of rotatable bonds is 7. The molecule has 0 aliphatic rings. The van der Waals surface area contributed by atoms with Gasteiger partial charge in [0.05, 0.1) is 12.2 Å². The fraction of sp³-hybridized carbons (Fsp3) is 0.417. The summed E-state index contributed by atoms with van der Waals surface area (Å²) in [6.07, 6.45) is 0.493. The molecule has 0 atom stereocenters. The van der Waals surface area contributed by atoms with Crippen LogP contribution in [0.2, 0.25) is 0 Å². The van der Waals surface area contributed by atoms with E-state index in [-0.39, 0.29) is 6.61 Å². The van der Waals surface area contributed by atoms with Gasteiger partial charge in [-0.1, -0.05) is 0 Å². The summed E-state index contributed by atoms with van der Waals surface area (Å²) in [5.41, 5.74) is -0.452. The Morgan fingerprint density at radius 3 is 2.39 bits per heavy atom. The maximum absolute atomic E-state index is 13.4. The fourth-order valence-electron chi connectivity index (χ4n) is 1.30. The average Bonchev–Trinajstić information content (AvgIpc) is 2.31. The number of aromatic carboxylic acids is 1. The van der Waals surface area contributed by atoms with Crippen LogP contribution < -0.4 is 4.74 Å². The zero-order valence-electron chi connectivity index (χ0n) is 9.91. The molecule has 0 aliphatic carbocycles. The standard InChI is InChI=1S/C12H14F2O4/c1-2-17-4-3-5-18-11-9(13)6-8(12(15)16)7-10(11)14/h6-7H,2-5H2,1H3,(H,15,16). The molecule has 0 unspecified atom stereocenters. The highest BCUT2D eigenvalue weighted by Crippen LogP contribution is 2.23. The predicted octanol–water partition coefficient (Wildman–Crippen LogP) is 2.47. The summed E-state index contributed by atoms with van der Waals surface area (Å²) in [5.74, 6) is -4.00. The van der Waals surface area contributed by atoms with Gasteiger partial charge in [0, 0.05) is 19.6 Å². The van der Waals surface area contributed by atoms with Crippen LogP contribution in [0.5, 0.6) is 5.75 Å². The first-order chi connectivity index (χ1) is 8.56. The molecule has 0 fully saturated rings. The number of hydrogen-bond donors (Lipinski definition) is 1. The van der Waals surface area contributed by atoms with Gasteiger partial charge >= 0.3 is 5.97 Å². The largest absolute Gasteiger partial charge is 0.488 e. The SMILES string of the molecule is CCOCCCOc1c(F)cc(C(=O)O)cc1F. The van der Waals surface area contributed by atoms with E-state index in [9.17, 15) is 13.6 Å². The second-order valence-corrected chi connectivity index (χ2v) is 3.47. The minimum Gasteiger partial charge on any atom is -0.488 e. The maximum atomic E-state index is 13.4. The molecule has 4 nitrogen and oxygen atoms in total. The molecule has 0 spiro atoms. The molecule has 1 aromatic rings. The number of halogens is 2. The van der Waals surface area contributed by atoms with Crippen LogP contribution in [0.3, 0.4) is 0 Å². The number of carboxylic acid groups (broad SMARTS) is 1. The van der Waals surface area contributed by atoms with E-state index in [0.29, 0.717) is 19.6 Å². The third-order valence-corrected chi connectivity index (χ3v) is 2.13. The summed E-state index contributed by atoms with van der Waals surface area (Å²) in [7, 11) is 0. The van der Waals surface area contributed by atoms with Crippen LogP contribution >= 0.6 is 0 Å². The van der Waals surface area contributed by atoms with Gasteiger partial charge < -0.3 is 14.6 Å². The highest BCUT2D eigenvalue weighted by molar-refractivity contribution is 5.87. The van der Waals surface area contributed by atoms with Gasteiger partial charge in [0.25, 0.3) is 0 Å². The van der Waals surface area contributed by atoms with Crippen LogP contribution in [0.1, 0.15) is 23.7 Å². The van der Waals surface area contributed by atoms with Crippen molar-refractivity contribution in [3.63, 3.8) is 0 Å². The summed E-state index contributed by atoms with van der Waals surface area (Å²) in [6, 6.07) is 1.45. The van der Waals surface area contributed by atoms with Crippen molar-refractivity contribution >= 4 is 5.97 Å². The van der Waals surface area contributed by atoms with Crippen molar-refractivity contribution < 1.29 is 28.2 Å². The Kier molecular flexibility index (Phi) is 5.51. The third kappa shape index (κ3) is 3.96. The summed E-state index contributed by atoms with van der Waals surface area (Å²) >= 11 is 0. The van der Waals surface area contributed by atoms with E-state index in [1.54, 1.807) is 0 Å². The summed E-state index contributed by atoms with van der Waals surface area (Å²) < 4.78 is 36.7. The van der Waals surface area contributed by atoms with Crippen molar-refractivity contribution in [2.45, 2.75) is 13.3 Å². The molecule has 0 radical (unpaired) electrons. The van der Waals surface area contributed by atoms with E-state index in [1.165, 1.54) is 0 Å². The molecule has 18 heavy (non-hydrogen) atoms. The number of ether oxygens (including phenoxy) is 2. The molecule has 100 valence electrons. The minimum atomic E-state index is -1.39. The number of benzene rings is 1. The Bertz CT molecular complexity index is 398. The minimum absolute atomic E-state index is 0.0975. The van der Waals surface area contributed by atoms with Crippen LogP contribution in [0, 0.1) is 11.6 Å². The van der Waals surface area contributed by atoms with Crippen molar-refractivity contribution in [3.8, 4) is 5.75 Å².